The van der Waals surface area contributed by atoms with Crippen molar-refractivity contribution in [3.05, 3.63) is 12.7 Å². The lowest BCUT2D eigenvalue weighted by Crippen LogP contribution is -2.49. The molecule has 2 fully saturated rings. The van der Waals surface area contributed by atoms with Crippen LogP contribution in [0.15, 0.2) is 12.7 Å². The molecule has 4 heterocycles. The Balaban J connectivity index is 1.65. The largest absolute Gasteiger partial charge is 0.469 e. The van der Waals surface area contributed by atoms with Gasteiger partial charge in [0.1, 0.15) is 24.1 Å². The van der Waals surface area contributed by atoms with Crippen molar-refractivity contribution < 1.29 is 43.5 Å². The Morgan fingerprint density at radius 3 is 2.57 bits per heavy atom. The molecule has 16 heteroatoms. The van der Waals surface area contributed by atoms with E-state index in [-0.39, 0.29) is 23.4 Å². The van der Waals surface area contributed by atoms with Gasteiger partial charge in [0, 0.05) is 5.54 Å². The number of ether oxygens (including phenoxy) is 2. The van der Waals surface area contributed by atoms with E-state index in [9.17, 15) is 19.7 Å². The number of hydroxylamine groups is 2. The summed E-state index contributed by atoms with van der Waals surface area (Å²) in [5.41, 5.74) is 4.66. The second-order valence-corrected chi connectivity index (χ2v) is 11.1. The van der Waals surface area contributed by atoms with E-state index in [0.29, 0.717) is 0 Å². The van der Waals surface area contributed by atoms with Gasteiger partial charge in [-0.25, -0.2) is 19.5 Å². The first-order valence-electron chi connectivity index (χ1n) is 10.8. The van der Waals surface area contributed by atoms with Crippen LogP contribution in [0.3, 0.4) is 0 Å². The number of phosphoric ester groups is 1. The molecule has 0 aromatic carbocycles. The van der Waals surface area contributed by atoms with Crippen LogP contribution in [-0.2, 0) is 23.4 Å². The number of carbonyl (C=O) groups is 1. The molecule has 0 saturated carbocycles. The first-order valence-corrected chi connectivity index (χ1v) is 12.3. The Kier molecular flexibility index (Phi) is 6.43. The summed E-state index contributed by atoms with van der Waals surface area (Å²) in [5, 5.41) is 22.6. The molecular formula is C19H29N6O9P. The smallest absolute Gasteiger partial charge is 0.454 e. The molecule has 0 bridgehead atoms. The molecule has 2 aromatic heterocycles. The fraction of sp³-hybridized carbons (Fsp3) is 0.684. The normalized spacial score (nSPS) is 30.7. The number of esters is 1. The highest BCUT2D eigenvalue weighted by atomic mass is 31.2. The van der Waals surface area contributed by atoms with Crippen molar-refractivity contribution in [2.45, 2.75) is 69.7 Å². The highest BCUT2D eigenvalue weighted by molar-refractivity contribution is 7.46. The number of aliphatic hydroxyl groups excluding tert-OH is 1. The number of fused-ring (bicyclic) bond motifs is 1. The Labute approximate surface area is 200 Å². The number of anilines is 1. The zero-order valence-corrected chi connectivity index (χ0v) is 20.4. The van der Waals surface area contributed by atoms with Crippen molar-refractivity contribution in [1.82, 2.24) is 24.6 Å². The maximum Gasteiger partial charge on any atom is 0.469 e. The van der Waals surface area contributed by atoms with Gasteiger partial charge in [-0.1, -0.05) is 0 Å². The van der Waals surface area contributed by atoms with Gasteiger partial charge in [-0.3, -0.25) is 13.9 Å². The standard InChI is InChI=1S/C19H29N6O9P/c1-18(2)5-9(19(3,4)25(18)28)17(27)34-13-12(26)10(6-32-35(29,30)31)33-16(13)24-8-23-11-14(20)21-7-22-15(11)24/h7-10,12-13,16,26,28H,5-6H2,1-4H3,(H2,20,21,22)(H2,29,30,31)/t9?,10-,12-,13-,16-/m1/s1. The van der Waals surface area contributed by atoms with Crippen molar-refractivity contribution >= 4 is 30.8 Å². The minimum Gasteiger partial charge on any atom is -0.454 e. The quantitative estimate of drug-likeness (QED) is 0.251. The van der Waals surface area contributed by atoms with Crippen molar-refractivity contribution in [3.63, 3.8) is 0 Å². The van der Waals surface area contributed by atoms with Crippen LogP contribution in [0.2, 0.25) is 0 Å². The first kappa shape index (κ1) is 25.9. The molecule has 4 rings (SSSR count). The van der Waals surface area contributed by atoms with E-state index in [2.05, 4.69) is 19.5 Å². The third-order valence-electron chi connectivity index (χ3n) is 6.59. The number of rotatable bonds is 6. The highest BCUT2D eigenvalue weighted by Gasteiger charge is 2.57. The van der Waals surface area contributed by atoms with E-state index >= 15 is 0 Å². The second-order valence-electron chi connectivity index (χ2n) is 9.86. The zero-order chi connectivity index (χ0) is 25.9. The summed E-state index contributed by atoms with van der Waals surface area (Å²) >= 11 is 0. The Morgan fingerprint density at radius 1 is 1.29 bits per heavy atom. The van der Waals surface area contributed by atoms with E-state index < -0.39 is 61.9 Å². The molecule has 2 aliphatic heterocycles. The fourth-order valence-electron chi connectivity index (χ4n) is 4.79. The van der Waals surface area contributed by atoms with Gasteiger partial charge in [0.25, 0.3) is 0 Å². The topological polar surface area (TPSA) is 216 Å². The Morgan fingerprint density at radius 2 is 1.97 bits per heavy atom. The van der Waals surface area contributed by atoms with Crippen LogP contribution < -0.4 is 5.73 Å². The van der Waals surface area contributed by atoms with Crippen molar-refractivity contribution in [2.75, 3.05) is 12.3 Å². The van der Waals surface area contributed by atoms with Gasteiger partial charge in [-0.2, -0.15) is 5.06 Å². The minimum atomic E-state index is -4.86. The maximum absolute atomic E-state index is 13.3. The molecule has 6 N–H and O–H groups in total. The van der Waals surface area contributed by atoms with Gasteiger partial charge >= 0.3 is 13.8 Å². The van der Waals surface area contributed by atoms with Crippen molar-refractivity contribution in [2.24, 2.45) is 5.92 Å². The number of nitrogen functional groups attached to an aromatic ring is 1. The minimum absolute atomic E-state index is 0.0974. The Bertz CT molecular complexity index is 1170. The van der Waals surface area contributed by atoms with Crippen LogP contribution in [0.4, 0.5) is 5.82 Å². The summed E-state index contributed by atoms with van der Waals surface area (Å²) in [4.78, 5) is 43.6. The van der Waals surface area contributed by atoms with E-state index in [1.165, 1.54) is 17.2 Å². The molecule has 194 valence electrons. The molecule has 1 unspecified atom stereocenters. The van der Waals surface area contributed by atoms with Gasteiger partial charge in [0.2, 0.25) is 0 Å². The van der Waals surface area contributed by atoms with Gasteiger partial charge in [-0.15, -0.1) is 0 Å². The molecule has 5 atom stereocenters. The lowest BCUT2D eigenvalue weighted by molar-refractivity contribution is -0.202. The predicted octanol–water partition coefficient (Wildman–Crippen LogP) is -0.0438. The molecule has 15 nitrogen and oxygen atoms in total. The number of carbonyl (C=O) groups excluding carboxylic acids is 1. The summed E-state index contributed by atoms with van der Waals surface area (Å²) in [6.07, 6.45) is -2.48. The summed E-state index contributed by atoms with van der Waals surface area (Å²) in [6.45, 7) is 6.30. The van der Waals surface area contributed by atoms with Gasteiger partial charge in [0.15, 0.2) is 23.8 Å². The van der Waals surface area contributed by atoms with E-state index in [4.69, 9.17) is 25.0 Å². The number of phosphoric acid groups is 1. The average Bonchev–Trinajstić information content (AvgIpc) is 3.36. The van der Waals surface area contributed by atoms with Gasteiger partial charge in [0.05, 0.1) is 24.4 Å². The Hall–Kier alpha value is -2.23. The third-order valence-corrected chi connectivity index (χ3v) is 7.08. The highest BCUT2D eigenvalue weighted by Crippen LogP contribution is 2.45. The molecular weight excluding hydrogens is 487 g/mol. The lowest BCUT2D eigenvalue weighted by atomic mass is 9.87. The molecule has 2 aliphatic rings. The van der Waals surface area contributed by atoms with E-state index in [1.807, 2.05) is 0 Å². The fourth-order valence-corrected chi connectivity index (χ4v) is 5.13. The SMILES string of the molecule is CC1(C)CC(C(=O)O[C@@H]2[C@H](O)[C@@H](COP(=O)(O)O)O[C@H]2n2cnc3c(N)ncnc32)C(C)(C)N1O. The number of aliphatic hydroxyl groups is 1. The monoisotopic (exact) mass is 516 g/mol. The molecule has 2 saturated heterocycles. The molecule has 2 aromatic rings. The summed E-state index contributed by atoms with van der Waals surface area (Å²) in [7, 11) is -4.86. The molecule has 0 spiro atoms. The molecule has 0 amide bonds. The molecule has 0 radical (unpaired) electrons. The lowest BCUT2D eigenvalue weighted by Gasteiger charge is -2.35. The van der Waals surface area contributed by atoms with Crippen molar-refractivity contribution in [1.29, 1.82) is 0 Å². The summed E-state index contributed by atoms with van der Waals surface area (Å²) in [5.74, 6) is -1.34. The van der Waals surface area contributed by atoms with Gasteiger partial charge < -0.3 is 35.3 Å². The van der Waals surface area contributed by atoms with Crippen LogP contribution >= 0.6 is 7.82 Å². The molecule has 35 heavy (non-hydrogen) atoms. The predicted molar refractivity (Wildman–Crippen MR) is 117 cm³/mol. The third kappa shape index (κ3) is 4.66. The zero-order valence-electron chi connectivity index (χ0n) is 19.5. The summed E-state index contributed by atoms with van der Waals surface area (Å²) < 4.78 is 28.6. The number of nitrogens with two attached hydrogens (primary N) is 1. The first-order chi connectivity index (χ1) is 16.1. The average molecular weight is 516 g/mol. The number of imidazole rings is 1. The van der Waals surface area contributed by atoms with Crippen LogP contribution in [0, 0.1) is 5.92 Å². The number of hydrogen-bond donors (Lipinski definition) is 5. The summed E-state index contributed by atoms with van der Waals surface area (Å²) in [6, 6.07) is 0. The van der Waals surface area contributed by atoms with Crippen LogP contribution in [0.5, 0.6) is 0 Å². The number of aromatic nitrogens is 4. The van der Waals surface area contributed by atoms with Crippen LogP contribution in [-0.4, -0.2) is 86.6 Å². The number of nitrogens with zero attached hydrogens (tertiary/aromatic N) is 5. The number of hydrogen-bond acceptors (Lipinski definition) is 12. The van der Waals surface area contributed by atoms with Crippen LogP contribution in [0.1, 0.15) is 40.3 Å². The van der Waals surface area contributed by atoms with E-state index in [1.54, 1.807) is 27.7 Å². The second kappa shape index (κ2) is 8.71. The maximum atomic E-state index is 13.3. The van der Waals surface area contributed by atoms with Crippen LogP contribution in [0.25, 0.3) is 11.2 Å². The van der Waals surface area contributed by atoms with Gasteiger partial charge in [-0.05, 0) is 34.1 Å². The van der Waals surface area contributed by atoms with Crippen molar-refractivity contribution in [3.8, 4) is 0 Å². The molecule has 0 aliphatic carbocycles. The van der Waals surface area contributed by atoms with E-state index in [0.717, 1.165) is 5.06 Å².